The molecule has 0 radical (unpaired) electrons. The lowest BCUT2D eigenvalue weighted by molar-refractivity contribution is 0.101. The van der Waals surface area contributed by atoms with Crippen LogP contribution in [0.15, 0.2) is 77.7 Å². The number of rotatable bonds is 7. The van der Waals surface area contributed by atoms with Gasteiger partial charge in [0.1, 0.15) is 5.82 Å². The lowest BCUT2D eigenvalue weighted by atomic mass is 10.0. The molecule has 0 atom stereocenters. The molecule has 0 heterocycles. The molecule has 0 aromatic heterocycles. The van der Waals surface area contributed by atoms with Gasteiger partial charge in [-0.15, -0.1) is 0 Å². The molecule has 0 saturated heterocycles. The minimum atomic E-state index is -3.85. The topological polar surface area (TPSA) is 92.3 Å². The number of hydrogen-bond acceptors (Lipinski definition) is 4. The van der Waals surface area contributed by atoms with Crippen LogP contribution < -0.4 is 10.0 Å². The van der Waals surface area contributed by atoms with E-state index in [1.165, 1.54) is 6.07 Å². The second-order valence-corrected chi connectivity index (χ2v) is 8.14. The number of hydrogen-bond donors (Lipinski definition) is 2. The molecule has 154 valence electrons. The van der Waals surface area contributed by atoms with Crippen molar-refractivity contribution in [1.29, 1.82) is 0 Å². The van der Waals surface area contributed by atoms with E-state index in [-0.39, 0.29) is 22.9 Å². The molecule has 3 aromatic rings. The van der Waals surface area contributed by atoms with Gasteiger partial charge < -0.3 is 5.32 Å². The Hall–Kier alpha value is -3.36. The molecule has 0 aliphatic rings. The Morgan fingerprint density at radius 3 is 2.30 bits per heavy atom. The lowest BCUT2D eigenvalue weighted by Gasteiger charge is -2.10. The van der Waals surface area contributed by atoms with Gasteiger partial charge in [0.05, 0.1) is 10.5 Å². The fourth-order valence-corrected chi connectivity index (χ4v) is 3.88. The number of carbonyl (C=O) groups is 2. The highest BCUT2D eigenvalue weighted by atomic mass is 32.2. The smallest absolute Gasteiger partial charge is 0.258 e. The number of carbonyl (C=O) groups excluding carboxylic acids is 2. The highest BCUT2D eigenvalue weighted by Gasteiger charge is 2.19. The Bertz CT molecular complexity index is 1190. The van der Waals surface area contributed by atoms with Gasteiger partial charge in [-0.2, -0.15) is 0 Å². The largest absolute Gasteiger partial charge is 0.322 e. The van der Waals surface area contributed by atoms with Crippen molar-refractivity contribution in [2.75, 3.05) is 11.9 Å². The Kier molecular flexibility index (Phi) is 6.39. The predicted octanol–water partition coefficient (Wildman–Crippen LogP) is 3.61. The van der Waals surface area contributed by atoms with Crippen LogP contribution in [-0.2, 0) is 10.0 Å². The van der Waals surface area contributed by atoms with Crippen LogP contribution in [0.2, 0.25) is 0 Å². The van der Waals surface area contributed by atoms with E-state index in [9.17, 15) is 22.4 Å². The van der Waals surface area contributed by atoms with Crippen molar-refractivity contribution in [3.63, 3.8) is 0 Å². The van der Waals surface area contributed by atoms with E-state index in [0.717, 1.165) is 18.2 Å². The number of halogens is 1. The third-order valence-corrected chi connectivity index (χ3v) is 5.79. The quantitative estimate of drug-likeness (QED) is 0.565. The molecule has 0 aliphatic heterocycles. The molecule has 0 spiro atoms. The summed E-state index contributed by atoms with van der Waals surface area (Å²) in [5, 5.41) is 2.51. The molecule has 30 heavy (non-hydrogen) atoms. The molecule has 8 heteroatoms. The van der Waals surface area contributed by atoms with Crippen LogP contribution >= 0.6 is 0 Å². The van der Waals surface area contributed by atoms with E-state index in [1.54, 1.807) is 55.5 Å². The maximum atomic E-state index is 14.2. The van der Waals surface area contributed by atoms with Gasteiger partial charge in [-0.25, -0.2) is 17.5 Å². The molecule has 0 fully saturated rings. The zero-order chi connectivity index (χ0) is 21.7. The van der Waals surface area contributed by atoms with Crippen molar-refractivity contribution < 1.29 is 22.4 Å². The number of benzene rings is 3. The first-order chi connectivity index (χ1) is 14.3. The standard InChI is InChI=1S/C22H19FN2O4S/c1-2-24-30(28,29)18-11-12-20(23)19(14-18)22(27)25-17-10-6-9-16(13-17)21(26)15-7-4-3-5-8-15/h3-14,24H,2H2,1H3,(H,25,27). The Labute approximate surface area is 173 Å². The number of amides is 1. The first kappa shape index (κ1) is 21.4. The second kappa shape index (κ2) is 8.98. The van der Waals surface area contributed by atoms with Crippen LogP contribution in [0.1, 0.15) is 33.2 Å². The average Bonchev–Trinajstić information content (AvgIpc) is 2.74. The van der Waals surface area contributed by atoms with Crippen LogP contribution in [0.5, 0.6) is 0 Å². The van der Waals surface area contributed by atoms with Crippen molar-refractivity contribution in [1.82, 2.24) is 4.72 Å². The molecule has 6 nitrogen and oxygen atoms in total. The van der Waals surface area contributed by atoms with E-state index >= 15 is 0 Å². The van der Waals surface area contributed by atoms with Crippen LogP contribution in [0.3, 0.4) is 0 Å². The Morgan fingerprint density at radius 2 is 1.60 bits per heavy atom. The molecule has 0 bridgehead atoms. The van der Waals surface area contributed by atoms with E-state index in [0.29, 0.717) is 11.1 Å². The fraction of sp³-hybridized carbons (Fsp3) is 0.0909. The average molecular weight is 426 g/mol. The Morgan fingerprint density at radius 1 is 0.900 bits per heavy atom. The summed E-state index contributed by atoms with van der Waals surface area (Å²) in [6.07, 6.45) is 0. The summed E-state index contributed by atoms with van der Waals surface area (Å²) >= 11 is 0. The highest BCUT2D eigenvalue weighted by molar-refractivity contribution is 7.89. The first-order valence-electron chi connectivity index (χ1n) is 9.12. The zero-order valence-corrected chi connectivity index (χ0v) is 16.9. The van der Waals surface area contributed by atoms with Gasteiger partial charge in [0, 0.05) is 23.4 Å². The van der Waals surface area contributed by atoms with Gasteiger partial charge in [0.25, 0.3) is 5.91 Å². The summed E-state index contributed by atoms with van der Waals surface area (Å²) in [4.78, 5) is 24.9. The lowest BCUT2D eigenvalue weighted by Crippen LogP contribution is -2.24. The first-order valence-corrected chi connectivity index (χ1v) is 10.6. The van der Waals surface area contributed by atoms with Gasteiger partial charge in [0.15, 0.2) is 5.78 Å². The molecule has 0 aliphatic carbocycles. The van der Waals surface area contributed by atoms with Crippen LogP contribution in [0.4, 0.5) is 10.1 Å². The van der Waals surface area contributed by atoms with Crippen molar-refractivity contribution in [3.05, 3.63) is 95.3 Å². The third kappa shape index (κ3) is 4.79. The SMILES string of the molecule is CCNS(=O)(=O)c1ccc(F)c(C(=O)Nc2cccc(C(=O)c3ccccc3)c2)c1. The molecule has 0 unspecified atom stereocenters. The predicted molar refractivity (Wildman–Crippen MR) is 112 cm³/mol. The minimum absolute atomic E-state index is 0.156. The normalized spacial score (nSPS) is 11.1. The fourth-order valence-electron chi connectivity index (χ4n) is 2.81. The number of anilines is 1. The van der Waals surface area contributed by atoms with E-state index < -0.39 is 27.3 Å². The molecule has 3 aromatic carbocycles. The summed E-state index contributed by atoms with van der Waals surface area (Å²) in [6, 6.07) is 17.9. The van der Waals surface area contributed by atoms with Crippen molar-refractivity contribution >= 4 is 27.4 Å². The third-order valence-electron chi connectivity index (χ3n) is 4.25. The summed E-state index contributed by atoms with van der Waals surface area (Å²) in [5.74, 6) is -1.92. The highest BCUT2D eigenvalue weighted by Crippen LogP contribution is 2.19. The van der Waals surface area contributed by atoms with Gasteiger partial charge in [-0.1, -0.05) is 49.4 Å². The van der Waals surface area contributed by atoms with Crippen LogP contribution in [-0.4, -0.2) is 26.7 Å². The van der Waals surface area contributed by atoms with Gasteiger partial charge in [-0.3, -0.25) is 9.59 Å². The monoisotopic (exact) mass is 426 g/mol. The van der Waals surface area contributed by atoms with Crippen molar-refractivity contribution in [2.24, 2.45) is 0 Å². The minimum Gasteiger partial charge on any atom is -0.322 e. The summed E-state index contributed by atoms with van der Waals surface area (Å²) in [7, 11) is -3.85. The molecule has 1 amide bonds. The van der Waals surface area contributed by atoms with Crippen LogP contribution in [0, 0.1) is 5.82 Å². The number of nitrogens with one attached hydrogen (secondary N) is 2. The van der Waals surface area contributed by atoms with Gasteiger partial charge >= 0.3 is 0 Å². The van der Waals surface area contributed by atoms with E-state index in [4.69, 9.17) is 0 Å². The molecule has 2 N–H and O–H groups in total. The molecule has 3 rings (SSSR count). The van der Waals surface area contributed by atoms with Crippen LogP contribution in [0.25, 0.3) is 0 Å². The van der Waals surface area contributed by atoms with Gasteiger partial charge in [0.2, 0.25) is 10.0 Å². The number of sulfonamides is 1. The number of ketones is 1. The van der Waals surface area contributed by atoms with Crippen molar-refractivity contribution in [2.45, 2.75) is 11.8 Å². The summed E-state index contributed by atoms with van der Waals surface area (Å²) in [5.41, 5.74) is 0.700. The van der Waals surface area contributed by atoms with Gasteiger partial charge in [-0.05, 0) is 30.3 Å². The maximum Gasteiger partial charge on any atom is 0.258 e. The van der Waals surface area contributed by atoms with E-state index in [2.05, 4.69) is 10.0 Å². The maximum absolute atomic E-state index is 14.2. The molecular weight excluding hydrogens is 407 g/mol. The molecule has 0 saturated carbocycles. The van der Waals surface area contributed by atoms with E-state index in [1.807, 2.05) is 0 Å². The summed E-state index contributed by atoms with van der Waals surface area (Å²) in [6.45, 7) is 1.77. The Balaban J connectivity index is 1.86. The zero-order valence-electron chi connectivity index (χ0n) is 16.1. The molecular formula is C22H19FN2O4S. The summed E-state index contributed by atoms with van der Waals surface area (Å²) < 4.78 is 40.7. The second-order valence-electron chi connectivity index (χ2n) is 6.37. The van der Waals surface area contributed by atoms with Crippen molar-refractivity contribution in [3.8, 4) is 0 Å².